The summed E-state index contributed by atoms with van der Waals surface area (Å²) in [6.45, 7) is 8.65. The third-order valence-electron chi connectivity index (χ3n) is 10.1. The smallest absolute Gasteiger partial charge is 0.331 e. The van der Waals surface area contributed by atoms with Crippen molar-refractivity contribution in [2.24, 2.45) is 34.0 Å². The molecule has 186 valence electrons. The van der Waals surface area contributed by atoms with Crippen molar-refractivity contribution in [3.63, 3.8) is 0 Å². The standard InChI is InChI=1S/C28H33NO6/c1-16-18-6-7-19-26-12-4-11-25(2,3)21(26)23(32)28(33,34-15-26)27(19,22(16)31)24(18)35-20(30)8-5-17-9-13-29-14-10-17/h5,8-10,13-14,18-19,21,23-24,32-33H,1,4,6-7,11-12,15H2,2-3H3/b8-5+/t18-,19?,21?,23-,24+,26+,27-,28?/m0/s1. The number of hydrogen-bond acceptors (Lipinski definition) is 7. The van der Waals surface area contributed by atoms with E-state index in [0.29, 0.717) is 25.0 Å². The maximum Gasteiger partial charge on any atom is 0.331 e. The van der Waals surface area contributed by atoms with Gasteiger partial charge in [-0.1, -0.05) is 26.8 Å². The molecule has 6 fully saturated rings. The van der Waals surface area contributed by atoms with Crippen molar-refractivity contribution < 1.29 is 29.3 Å². The van der Waals surface area contributed by atoms with Gasteiger partial charge in [0.25, 0.3) is 0 Å². The zero-order chi connectivity index (χ0) is 24.8. The van der Waals surface area contributed by atoms with Gasteiger partial charge in [-0.2, -0.15) is 0 Å². The minimum absolute atomic E-state index is 0.209. The predicted molar refractivity (Wildman–Crippen MR) is 126 cm³/mol. The summed E-state index contributed by atoms with van der Waals surface area (Å²) in [6.07, 6.45) is 8.11. The highest BCUT2D eigenvalue weighted by Crippen LogP contribution is 2.76. The number of fused-ring (bicyclic) bond motifs is 2. The summed E-state index contributed by atoms with van der Waals surface area (Å²) in [4.78, 5) is 31.0. The first-order valence-electron chi connectivity index (χ1n) is 12.7. The van der Waals surface area contributed by atoms with Crippen molar-refractivity contribution in [3.8, 4) is 0 Å². The number of esters is 1. The van der Waals surface area contributed by atoms with Crippen molar-refractivity contribution in [1.29, 1.82) is 0 Å². The fourth-order valence-electron chi connectivity index (χ4n) is 8.93. The van der Waals surface area contributed by atoms with E-state index in [1.165, 1.54) is 6.08 Å². The van der Waals surface area contributed by atoms with Crippen LogP contribution in [-0.4, -0.2) is 51.6 Å². The molecule has 2 saturated heterocycles. The molecule has 2 N–H and O–H groups in total. The average molecular weight is 480 g/mol. The van der Waals surface area contributed by atoms with E-state index < -0.39 is 40.7 Å². The van der Waals surface area contributed by atoms with Crippen LogP contribution in [0.2, 0.25) is 0 Å². The minimum atomic E-state index is -2.13. The predicted octanol–water partition coefficient (Wildman–Crippen LogP) is 3.06. The van der Waals surface area contributed by atoms with Crippen LogP contribution in [0.25, 0.3) is 6.08 Å². The first-order valence-corrected chi connectivity index (χ1v) is 12.7. The van der Waals surface area contributed by atoms with Crippen LogP contribution in [0.3, 0.4) is 0 Å². The van der Waals surface area contributed by atoms with E-state index >= 15 is 0 Å². The molecule has 7 nitrogen and oxygen atoms in total. The van der Waals surface area contributed by atoms with E-state index in [1.807, 2.05) is 0 Å². The number of Topliss-reactive ketones (excluding diaryl/α,β-unsaturated/α-hetero) is 1. The van der Waals surface area contributed by atoms with Gasteiger partial charge in [-0.05, 0) is 66.4 Å². The lowest BCUT2D eigenvalue weighted by atomic mass is 9.36. The van der Waals surface area contributed by atoms with Gasteiger partial charge in [0.2, 0.25) is 5.79 Å². The molecule has 8 atom stereocenters. The van der Waals surface area contributed by atoms with Gasteiger partial charge in [0.15, 0.2) is 5.78 Å². The highest BCUT2D eigenvalue weighted by atomic mass is 16.6. The molecule has 4 aliphatic carbocycles. The topological polar surface area (TPSA) is 106 Å². The van der Waals surface area contributed by atoms with E-state index in [9.17, 15) is 19.8 Å². The summed E-state index contributed by atoms with van der Waals surface area (Å²) in [6, 6.07) is 3.54. The van der Waals surface area contributed by atoms with Gasteiger partial charge in [-0.15, -0.1) is 0 Å². The molecule has 3 heterocycles. The maximum atomic E-state index is 14.0. The molecule has 6 aliphatic rings. The molecule has 0 aromatic carbocycles. The lowest BCUT2D eigenvalue weighted by Crippen LogP contribution is -2.83. The van der Waals surface area contributed by atoms with Crippen LogP contribution in [0.1, 0.15) is 51.5 Å². The second-order valence-corrected chi connectivity index (χ2v) is 11.9. The van der Waals surface area contributed by atoms with E-state index in [2.05, 4.69) is 25.4 Å². The zero-order valence-electron chi connectivity index (χ0n) is 20.3. The van der Waals surface area contributed by atoms with Crippen LogP contribution >= 0.6 is 0 Å². The lowest BCUT2D eigenvalue weighted by Gasteiger charge is -2.73. The summed E-state index contributed by atoms with van der Waals surface area (Å²) in [5.74, 6) is -3.91. The lowest BCUT2D eigenvalue weighted by molar-refractivity contribution is -0.448. The Kier molecular flexibility index (Phi) is 4.84. The maximum absolute atomic E-state index is 14.0. The van der Waals surface area contributed by atoms with E-state index in [-0.39, 0.29) is 23.0 Å². The molecular formula is C28H33NO6. The normalized spacial score (nSPS) is 45.3. The number of aliphatic hydroxyl groups is 2. The Labute approximate surface area is 205 Å². The zero-order valence-corrected chi connectivity index (χ0v) is 20.3. The number of ether oxygens (including phenoxy) is 2. The number of rotatable bonds is 3. The highest BCUT2D eigenvalue weighted by molar-refractivity contribution is 6.05. The van der Waals surface area contributed by atoms with Crippen LogP contribution in [0.4, 0.5) is 0 Å². The fourth-order valence-corrected chi connectivity index (χ4v) is 8.93. The Morgan fingerprint density at radius 1 is 1.26 bits per heavy atom. The van der Waals surface area contributed by atoms with Crippen LogP contribution in [0.15, 0.2) is 42.8 Å². The highest BCUT2D eigenvalue weighted by Gasteiger charge is 2.86. The molecule has 2 aliphatic heterocycles. The van der Waals surface area contributed by atoms with E-state index in [4.69, 9.17) is 9.47 Å². The van der Waals surface area contributed by atoms with Crippen molar-refractivity contribution in [3.05, 3.63) is 48.3 Å². The summed E-state index contributed by atoms with van der Waals surface area (Å²) in [5.41, 5.74) is -1.07. The van der Waals surface area contributed by atoms with E-state index in [1.54, 1.807) is 30.6 Å². The van der Waals surface area contributed by atoms with Crippen LogP contribution < -0.4 is 0 Å². The molecule has 2 spiro atoms. The van der Waals surface area contributed by atoms with Crippen molar-refractivity contribution in [2.75, 3.05) is 6.61 Å². The Morgan fingerprint density at radius 2 is 2.00 bits per heavy atom. The average Bonchev–Trinajstić information content (AvgIpc) is 2.94. The number of carbonyl (C=O) groups is 2. The molecule has 1 aromatic rings. The Hall–Kier alpha value is -2.35. The third kappa shape index (κ3) is 2.69. The summed E-state index contributed by atoms with van der Waals surface area (Å²) >= 11 is 0. The molecule has 0 radical (unpaired) electrons. The number of hydrogen-bond donors (Lipinski definition) is 2. The molecule has 1 aromatic heterocycles. The molecular weight excluding hydrogens is 446 g/mol. The van der Waals surface area contributed by atoms with Crippen molar-refractivity contribution in [2.45, 2.75) is 63.9 Å². The van der Waals surface area contributed by atoms with Gasteiger partial charge in [0, 0.05) is 35.7 Å². The van der Waals surface area contributed by atoms with Crippen molar-refractivity contribution in [1.82, 2.24) is 4.98 Å². The van der Waals surface area contributed by atoms with Gasteiger partial charge >= 0.3 is 5.97 Å². The molecule has 35 heavy (non-hydrogen) atoms. The Balaban J connectivity index is 1.44. The van der Waals surface area contributed by atoms with Gasteiger partial charge in [-0.3, -0.25) is 9.78 Å². The van der Waals surface area contributed by atoms with Gasteiger partial charge in [-0.25, -0.2) is 4.79 Å². The quantitative estimate of drug-likeness (QED) is 0.507. The van der Waals surface area contributed by atoms with Crippen LogP contribution in [-0.2, 0) is 19.1 Å². The van der Waals surface area contributed by atoms with Gasteiger partial charge in [0.05, 0.1) is 6.61 Å². The fraction of sp³-hybridized carbons (Fsp3) is 0.607. The third-order valence-corrected chi connectivity index (χ3v) is 10.1. The number of ketones is 1. The first-order chi connectivity index (χ1) is 16.6. The molecule has 0 amide bonds. The number of carbonyl (C=O) groups excluding carboxylic acids is 2. The number of nitrogens with zero attached hydrogens (tertiary/aromatic N) is 1. The van der Waals surface area contributed by atoms with Gasteiger partial charge in [0.1, 0.15) is 17.6 Å². The summed E-state index contributed by atoms with van der Waals surface area (Å²) in [7, 11) is 0. The Bertz CT molecular complexity index is 1130. The van der Waals surface area contributed by atoms with Crippen LogP contribution in [0.5, 0.6) is 0 Å². The summed E-state index contributed by atoms with van der Waals surface area (Å²) in [5, 5.41) is 23.9. The molecule has 3 unspecified atom stereocenters. The van der Waals surface area contributed by atoms with Crippen molar-refractivity contribution >= 4 is 17.8 Å². The Morgan fingerprint density at radius 3 is 2.74 bits per heavy atom. The molecule has 7 heteroatoms. The largest absolute Gasteiger partial charge is 0.457 e. The monoisotopic (exact) mass is 479 g/mol. The number of aromatic nitrogens is 1. The van der Waals surface area contributed by atoms with Crippen LogP contribution in [0, 0.1) is 34.0 Å². The first kappa shape index (κ1) is 23.1. The number of aliphatic hydroxyl groups excluding tert-OH is 1. The SMILES string of the molecule is C=C1C(=O)[C@@]23C(CC[C@@H]1[C@H]2OC(=O)/C=C/c1ccncc1)[C@]12CCCC(C)(C)C1[C@H](O)C3(O)OC2. The van der Waals surface area contributed by atoms with E-state index in [0.717, 1.165) is 24.8 Å². The second-order valence-electron chi connectivity index (χ2n) is 11.9. The minimum Gasteiger partial charge on any atom is -0.457 e. The van der Waals surface area contributed by atoms with Gasteiger partial charge < -0.3 is 19.7 Å². The molecule has 7 rings (SSSR count). The molecule has 4 bridgehead atoms. The summed E-state index contributed by atoms with van der Waals surface area (Å²) < 4.78 is 12.1. The second kappa shape index (κ2) is 7.34. The number of pyridine rings is 1. The molecule has 4 saturated carbocycles.